The van der Waals surface area contributed by atoms with Gasteiger partial charge < -0.3 is 10.6 Å². The lowest BCUT2D eigenvalue weighted by Gasteiger charge is -2.28. The highest BCUT2D eigenvalue weighted by molar-refractivity contribution is 6.07. The van der Waals surface area contributed by atoms with E-state index in [1.807, 2.05) is 13.8 Å². The van der Waals surface area contributed by atoms with Crippen LogP contribution in [0.1, 0.15) is 25.8 Å². The smallest absolute Gasteiger partial charge is 0.268 e. The Labute approximate surface area is 117 Å². The van der Waals surface area contributed by atoms with Crippen molar-refractivity contribution in [3.63, 3.8) is 0 Å². The van der Waals surface area contributed by atoms with Crippen molar-refractivity contribution < 1.29 is 14.0 Å². The maximum atomic E-state index is 13.5. The lowest BCUT2D eigenvalue weighted by atomic mass is 9.96. The lowest BCUT2D eigenvalue weighted by molar-refractivity contribution is -0.132. The van der Waals surface area contributed by atoms with Crippen LogP contribution in [0.3, 0.4) is 0 Å². The molecular weight excluding hydrogens is 259 g/mol. The van der Waals surface area contributed by atoms with E-state index in [0.717, 1.165) is 6.42 Å². The lowest BCUT2D eigenvalue weighted by Crippen LogP contribution is -2.57. The van der Waals surface area contributed by atoms with E-state index < -0.39 is 17.8 Å². The van der Waals surface area contributed by atoms with Crippen LogP contribution in [-0.4, -0.2) is 17.9 Å². The van der Waals surface area contributed by atoms with Crippen LogP contribution in [0.15, 0.2) is 30.0 Å². The van der Waals surface area contributed by atoms with Gasteiger partial charge in [-0.25, -0.2) is 4.39 Å². The minimum Gasteiger partial charge on any atom is -0.339 e. The Bertz CT molecular complexity index is 569. The van der Waals surface area contributed by atoms with Gasteiger partial charge in [0.2, 0.25) is 5.91 Å². The average molecular weight is 276 g/mol. The molecule has 2 N–H and O–H groups in total. The number of hydrogen-bond acceptors (Lipinski definition) is 2. The molecule has 0 spiro atoms. The van der Waals surface area contributed by atoms with Crippen LogP contribution in [0, 0.1) is 11.7 Å². The topological polar surface area (TPSA) is 58.2 Å². The van der Waals surface area contributed by atoms with Crippen molar-refractivity contribution in [3.05, 3.63) is 41.3 Å². The molecule has 4 nitrogen and oxygen atoms in total. The number of carbonyl (C=O) groups excluding carboxylic acids is 2. The molecule has 2 unspecified atom stereocenters. The Morgan fingerprint density at radius 2 is 2.05 bits per heavy atom. The van der Waals surface area contributed by atoms with Gasteiger partial charge in [-0.2, -0.15) is 0 Å². The van der Waals surface area contributed by atoms with E-state index in [9.17, 15) is 14.0 Å². The summed E-state index contributed by atoms with van der Waals surface area (Å²) < 4.78 is 13.5. The average Bonchev–Trinajstić information content (AvgIpc) is 2.44. The molecule has 0 bridgehead atoms. The Hall–Kier alpha value is -2.17. The highest BCUT2D eigenvalue weighted by Crippen LogP contribution is 2.16. The normalized spacial score (nSPS) is 22.4. The van der Waals surface area contributed by atoms with E-state index in [-0.39, 0.29) is 23.1 Å². The largest absolute Gasteiger partial charge is 0.339 e. The number of nitrogens with one attached hydrogen (secondary N) is 2. The molecule has 106 valence electrons. The van der Waals surface area contributed by atoms with Gasteiger partial charge in [-0.3, -0.25) is 9.59 Å². The molecule has 0 saturated carbocycles. The molecule has 1 aromatic carbocycles. The highest BCUT2D eigenvalue weighted by Gasteiger charge is 2.32. The number of hydrogen-bond donors (Lipinski definition) is 2. The predicted molar refractivity (Wildman–Crippen MR) is 73.9 cm³/mol. The third-order valence-electron chi connectivity index (χ3n) is 3.49. The second-order valence-corrected chi connectivity index (χ2v) is 4.91. The van der Waals surface area contributed by atoms with E-state index >= 15 is 0 Å². The fourth-order valence-corrected chi connectivity index (χ4v) is 2.04. The van der Waals surface area contributed by atoms with E-state index in [1.165, 1.54) is 12.1 Å². The summed E-state index contributed by atoms with van der Waals surface area (Å²) >= 11 is 0. The van der Waals surface area contributed by atoms with Crippen LogP contribution < -0.4 is 10.6 Å². The third kappa shape index (κ3) is 2.87. The van der Waals surface area contributed by atoms with Crippen LogP contribution in [0.2, 0.25) is 0 Å². The van der Waals surface area contributed by atoms with E-state index in [4.69, 9.17) is 0 Å². The second kappa shape index (κ2) is 5.86. The van der Waals surface area contributed by atoms with Crippen LogP contribution in [0.25, 0.3) is 6.08 Å². The summed E-state index contributed by atoms with van der Waals surface area (Å²) in [5, 5.41) is 5.22. The van der Waals surface area contributed by atoms with Crippen molar-refractivity contribution in [1.82, 2.24) is 10.6 Å². The molecule has 1 fully saturated rings. The number of benzene rings is 1. The first kappa shape index (κ1) is 14.2. The van der Waals surface area contributed by atoms with Gasteiger partial charge in [0.25, 0.3) is 5.91 Å². The van der Waals surface area contributed by atoms with Gasteiger partial charge in [0.15, 0.2) is 0 Å². The Kier molecular flexibility index (Phi) is 4.17. The Morgan fingerprint density at radius 3 is 2.70 bits per heavy atom. The van der Waals surface area contributed by atoms with Gasteiger partial charge in [-0.15, -0.1) is 0 Å². The first-order chi connectivity index (χ1) is 9.52. The molecule has 1 aliphatic heterocycles. The molecule has 0 radical (unpaired) electrons. The number of halogens is 1. The van der Waals surface area contributed by atoms with Crippen molar-refractivity contribution in [2.45, 2.75) is 26.3 Å². The van der Waals surface area contributed by atoms with Crippen LogP contribution in [-0.2, 0) is 9.59 Å². The summed E-state index contributed by atoms with van der Waals surface area (Å²) in [4.78, 5) is 23.9. The maximum Gasteiger partial charge on any atom is 0.268 e. The van der Waals surface area contributed by atoms with Crippen LogP contribution >= 0.6 is 0 Å². The van der Waals surface area contributed by atoms with Crippen molar-refractivity contribution in [2.75, 3.05) is 0 Å². The third-order valence-corrected chi connectivity index (χ3v) is 3.49. The zero-order valence-corrected chi connectivity index (χ0v) is 11.4. The van der Waals surface area contributed by atoms with Crippen molar-refractivity contribution >= 4 is 17.9 Å². The minimum atomic E-state index is -0.537. The van der Waals surface area contributed by atoms with E-state index in [1.54, 1.807) is 18.2 Å². The standard InChI is InChI=1S/C15H17FN2O2/c1-3-9(2)13-15(20)17-12(14(19)18-13)8-10-6-4-5-7-11(10)16/h4-9,13H,3H2,1-2H3,(H,17,20)(H,18,19)/b12-8+. The molecule has 1 aromatic rings. The van der Waals surface area contributed by atoms with Gasteiger partial charge in [0.1, 0.15) is 17.6 Å². The first-order valence-corrected chi connectivity index (χ1v) is 6.61. The monoisotopic (exact) mass is 276 g/mol. The first-order valence-electron chi connectivity index (χ1n) is 6.61. The molecule has 5 heteroatoms. The zero-order chi connectivity index (χ0) is 14.7. The highest BCUT2D eigenvalue weighted by atomic mass is 19.1. The number of piperazine rings is 1. The molecule has 1 saturated heterocycles. The van der Waals surface area contributed by atoms with Crippen LogP contribution in [0.5, 0.6) is 0 Å². The summed E-state index contributed by atoms with van der Waals surface area (Å²) in [7, 11) is 0. The summed E-state index contributed by atoms with van der Waals surface area (Å²) in [6.07, 6.45) is 2.13. The van der Waals surface area contributed by atoms with E-state index in [0.29, 0.717) is 0 Å². The molecule has 2 rings (SSSR count). The molecule has 1 aliphatic rings. The summed E-state index contributed by atoms with van der Waals surface area (Å²) in [6.45, 7) is 3.85. The number of rotatable bonds is 3. The molecule has 2 atom stereocenters. The molecule has 0 aromatic heterocycles. The van der Waals surface area contributed by atoms with Crippen molar-refractivity contribution in [2.24, 2.45) is 5.92 Å². The van der Waals surface area contributed by atoms with Crippen LogP contribution in [0.4, 0.5) is 4.39 Å². The summed E-state index contributed by atoms with van der Waals surface area (Å²) in [5.74, 6) is -1.04. The zero-order valence-electron chi connectivity index (χ0n) is 11.4. The molecule has 1 heterocycles. The predicted octanol–water partition coefficient (Wildman–Crippen LogP) is 1.83. The quantitative estimate of drug-likeness (QED) is 0.827. The van der Waals surface area contributed by atoms with Gasteiger partial charge in [0.05, 0.1) is 0 Å². The minimum absolute atomic E-state index is 0.0500. The van der Waals surface area contributed by atoms with Gasteiger partial charge in [0, 0.05) is 5.56 Å². The van der Waals surface area contributed by atoms with Gasteiger partial charge >= 0.3 is 0 Å². The second-order valence-electron chi connectivity index (χ2n) is 4.91. The number of carbonyl (C=O) groups is 2. The fourth-order valence-electron chi connectivity index (χ4n) is 2.04. The fraction of sp³-hybridized carbons (Fsp3) is 0.333. The van der Waals surface area contributed by atoms with Gasteiger partial charge in [-0.1, -0.05) is 38.5 Å². The Balaban J connectivity index is 2.23. The molecule has 20 heavy (non-hydrogen) atoms. The molecule has 0 aliphatic carbocycles. The summed E-state index contributed by atoms with van der Waals surface area (Å²) in [5.41, 5.74) is 0.333. The molecular formula is C15H17FN2O2. The number of amides is 2. The van der Waals surface area contributed by atoms with E-state index in [2.05, 4.69) is 10.6 Å². The SMILES string of the molecule is CCC(C)C1NC(=O)/C(=C\c2ccccc2F)NC1=O. The Morgan fingerprint density at radius 1 is 1.35 bits per heavy atom. The van der Waals surface area contributed by atoms with Gasteiger partial charge in [-0.05, 0) is 18.1 Å². The molecule has 2 amide bonds. The summed E-state index contributed by atoms with van der Waals surface area (Å²) in [6, 6.07) is 5.54. The maximum absolute atomic E-state index is 13.5. The van der Waals surface area contributed by atoms with Crippen molar-refractivity contribution in [1.29, 1.82) is 0 Å². The van der Waals surface area contributed by atoms with Crippen molar-refractivity contribution in [3.8, 4) is 0 Å².